The lowest BCUT2D eigenvalue weighted by Crippen LogP contribution is -2.07. The van der Waals surface area contributed by atoms with Crippen LogP contribution in [0.4, 0.5) is 13.2 Å². The Balaban J connectivity index is 2.44. The van der Waals surface area contributed by atoms with Crippen molar-refractivity contribution in [2.24, 2.45) is 0 Å². The molecule has 9 heteroatoms. The van der Waals surface area contributed by atoms with Crippen molar-refractivity contribution in [2.45, 2.75) is 11.1 Å². The molecule has 0 aliphatic carbocycles. The van der Waals surface area contributed by atoms with E-state index in [1.54, 1.807) is 0 Å². The van der Waals surface area contributed by atoms with E-state index in [2.05, 4.69) is 10.1 Å². The van der Waals surface area contributed by atoms with E-state index in [4.69, 9.17) is 0 Å². The van der Waals surface area contributed by atoms with Gasteiger partial charge in [-0.05, 0) is 12.1 Å². The third-order valence-corrected chi connectivity index (χ3v) is 2.74. The highest BCUT2D eigenvalue weighted by atomic mass is 32.2. The van der Waals surface area contributed by atoms with Gasteiger partial charge in [0.15, 0.2) is 16.5 Å². The van der Waals surface area contributed by atoms with Gasteiger partial charge in [0.2, 0.25) is 0 Å². The highest BCUT2D eigenvalue weighted by Crippen LogP contribution is 2.29. The van der Waals surface area contributed by atoms with Crippen LogP contribution in [0.2, 0.25) is 0 Å². The summed E-state index contributed by atoms with van der Waals surface area (Å²) in [5, 5.41) is 3.63. The number of halogens is 3. The van der Waals surface area contributed by atoms with E-state index in [9.17, 15) is 21.6 Å². The van der Waals surface area contributed by atoms with E-state index < -0.39 is 22.4 Å². The maximum absolute atomic E-state index is 12.5. The molecule has 0 saturated carbocycles. The summed E-state index contributed by atoms with van der Waals surface area (Å²) in [7, 11) is -2.83. The number of hydrogen-bond acceptors (Lipinski definition) is 4. The molecule has 0 fully saturated rings. The summed E-state index contributed by atoms with van der Waals surface area (Å²) in [6.45, 7) is 0. The molecule has 0 radical (unpaired) electrons. The van der Waals surface area contributed by atoms with Crippen molar-refractivity contribution in [1.29, 1.82) is 0 Å². The minimum Gasteiger partial charge on any atom is -0.237 e. The zero-order chi connectivity index (χ0) is 13.3. The normalized spacial score (nSPS) is 12.0. The van der Waals surface area contributed by atoms with Crippen LogP contribution in [-0.2, 0) is 16.9 Å². The fourth-order valence-corrected chi connectivity index (χ4v) is 1.60. The zero-order valence-electron chi connectivity index (χ0n) is 8.63. The molecular weight excluding hydrogens is 271 g/mol. The first-order valence-electron chi connectivity index (χ1n) is 4.60. The summed E-state index contributed by atoms with van der Waals surface area (Å²) < 4.78 is 59.7. The molecule has 0 amide bonds. The van der Waals surface area contributed by atoms with Crippen molar-refractivity contribution < 1.29 is 21.6 Å². The Morgan fingerprint density at radius 1 is 1.28 bits per heavy atom. The molecule has 0 bridgehead atoms. The van der Waals surface area contributed by atoms with E-state index in [-0.39, 0.29) is 10.7 Å². The molecule has 0 aliphatic rings. The predicted octanol–water partition coefficient (Wildman–Crippen LogP) is 1.26. The number of rotatable bonds is 2. The number of thiol groups is 1. The van der Waals surface area contributed by atoms with Crippen molar-refractivity contribution in [3.05, 3.63) is 36.3 Å². The second kappa shape index (κ2) is 4.41. The Labute approximate surface area is 101 Å². The molecule has 5 nitrogen and oxygen atoms in total. The number of pyridine rings is 1. The lowest BCUT2D eigenvalue weighted by molar-refractivity contribution is -0.137. The summed E-state index contributed by atoms with van der Waals surface area (Å²) in [6, 6.07) is 1.61. The molecule has 0 aliphatic heterocycles. The molecule has 2 heterocycles. The SMILES string of the molecule is O=[SH](=O)c1cnn(-c2cc(C(F)(F)F)ccn2)c1. The minimum atomic E-state index is -4.49. The molecule has 0 N–H and O–H groups in total. The van der Waals surface area contributed by atoms with Crippen LogP contribution in [-0.4, -0.2) is 23.2 Å². The van der Waals surface area contributed by atoms with Gasteiger partial charge in [-0.1, -0.05) is 0 Å². The Morgan fingerprint density at radius 3 is 2.56 bits per heavy atom. The summed E-state index contributed by atoms with van der Waals surface area (Å²) in [5.74, 6) is -0.104. The molecule has 2 rings (SSSR count). The van der Waals surface area contributed by atoms with Gasteiger partial charge >= 0.3 is 6.18 Å². The fraction of sp³-hybridized carbons (Fsp3) is 0.111. The second-order valence-corrected chi connectivity index (χ2v) is 4.33. The van der Waals surface area contributed by atoms with Gasteiger partial charge in [-0.25, -0.2) is 18.1 Å². The summed E-state index contributed by atoms with van der Waals surface area (Å²) in [4.78, 5) is 3.61. The van der Waals surface area contributed by atoms with Crippen LogP contribution in [0.1, 0.15) is 5.56 Å². The third-order valence-electron chi connectivity index (χ3n) is 2.09. The summed E-state index contributed by atoms with van der Waals surface area (Å²) in [6.07, 6.45) is -1.38. The molecule has 96 valence electrons. The van der Waals surface area contributed by atoms with Gasteiger partial charge in [-0.2, -0.15) is 18.3 Å². The first kappa shape index (κ1) is 12.6. The Hall–Kier alpha value is -1.90. The molecule has 2 aromatic heterocycles. The van der Waals surface area contributed by atoms with E-state index in [1.807, 2.05) is 0 Å². The van der Waals surface area contributed by atoms with Gasteiger partial charge < -0.3 is 0 Å². The predicted molar refractivity (Wildman–Crippen MR) is 54.9 cm³/mol. The van der Waals surface area contributed by atoms with Gasteiger partial charge in [-0.15, -0.1) is 0 Å². The Kier molecular flexibility index (Phi) is 3.07. The summed E-state index contributed by atoms with van der Waals surface area (Å²) in [5.41, 5.74) is -0.879. The molecule has 0 saturated heterocycles. The van der Waals surface area contributed by atoms with Crippen LogP contribution in [0.15, 0.2) is 35.6 Å². The highest BCUT2D eigenvalue weighted by molar-refractivity contribution is 7.72. The van der Waals surface area contributed by atoms with Gasteiger partial charge in [0, 0.05) is 6.20 Å². The van der Waals surface area contributed by atoms with Crippen LogP contribution in [0, 0.1) is 0 Å². The average molecular weight is 277 g/mol. The zero-order valence-corrected chi connectivity index (χ0v) is 9.52. The first-order chi connectivity index (χ1) is 8.38. The fourth-order valence-electron chi connectivity index (χ4n) is 1.25. The van der Waals surface area contributed by atoms with Crippen LogP contribution in [0.5, 0.6) is 0 Å². The van der Waals surface area contributed by atoms with Gasteiger partial charge in [0.1, 0.15) is 4.90 Å². The molecule has 0 spiro atoms. The van der Waals surface area contributed by atoms with E-state index in [0.29, 0.717) is 0 Å². The maximum atomic E-state index is 12.5. The summed E-state index contributed by atoms with van der Waals surface area (Å²) >= 11 is 0. The average Bonchev–Trinajstić information content (AvgIpc) is 2.77. The Bertz CT molecular complexity index is 641. The second-order valence-electron chi connectivity index (χ2n) is 3.30. The molecule has 0 aromatic carbocycles. The monoisotopic (exact) mass is 277 g/mol. The van der Waals surface area contributed by atoms with Crippen molar-refractivity contribution in [1.82, 2.24) is 14.8 Å². The van der Waals surface area contributed by atoms with Gasteiger partial charge in [0.05, 0.1) is 18.0 Å². The largest absolute Gasteiger partial charge is 0.416 e. The smallest absolute Gasteiger partial charge is 0.237 e. The third kappa shape index (κ3) is 2.50. The topological polar surface area (TPSA) is 64.8 Å². The molecule has 0 unspecified atom stereocenters. The van der Waals surface area contributed by atoms with E-state index in [0.717, 1.165) is 35.4 Å². The van der Waals surface area contributed by atoms with Crippen LogP contribution >= 0.6 is 0 Å². The number of hydrogen-bond donors (Lipinski definition) is 1. The van der Waals surface area contributed by atoms with E-state index >= 15 is 0 Å². The molecule has 18 heavy (non-hydrogen) atoms. The molecule has 0 atom stereocenters. The van der Waals surface area contributed by atoms with Crippen molar-refractivity contribution >= 4 is 10.7 Å². The van der Waals surface area contributed by atoms with Gasteiger partial charge in [0.25, 0.3) is 0 Å². The minimum absolute atomic E-state index is 0.0933. The first-order valence-corrected chi connectivity index (χ1v) is 5.78. The highest BCUT2D eigenvalue weighted by Gasteiger charge is 2.30. The lowest BCUT2D eigenvalue weighted by atomic mass is 10.2. The van der Waals surface area contributed by atoms with Crippen LogP contribution < -0.4 is 0 Å². The molecular formula is C9H6F3N3O2S. The molecule has 2 aromatic rings. The van der Waals surface area contributed by atoms with Crippen molar-refractivity contribution in [3.63, 3.8) is 0 Å². The van der Waals surface area contributed by atoms with Gasteiger partial charge in [-0.3, -0.25) is 0 Å². The quantitative estimate of drug-likeness (QED) is 0.839. The lowest BCUT2D eigenvalue weighted by Gasteiger charge is -2.07. The van der Waals surface area contributed by atoms with Crippen LogP contribution in [0.25, 0.3) is 5.82 Å². The van der Waals surface area contributed by atoms with Crippen molar-refractivity contribution in [3.8, 4) is 5.82 Å². The number of alkyl halides is 3. The van der Waals surface area contributed by atoms with E-state index in [1.165, 1.54) is 0 Å². The van der Waals surface area contributed by atoms with Crippen molar-refractivity contribution in [2.75, 3.05) is 0 Å². The number of nitrogens with zero attached hydrogens (tertiary/aromatic N) is 3. The standard InChI is InChI=1S/C9H6F3N3O2S/c10-9(11,12)6-1-2-13-8(3-6)15-5-7(4-14-15)18(16)17/h1-5,18H. The number of aromatic nitrogens is 3. The Morgan fingerprint density at radius 2 is 2.00 bits per heavy atom. The van der Waals surface area contributed by atoms with Crippen LogP contribution in [0.3, 0.4) is 0 Å². The maximum Gasteiger partial charge on any atom is 0.416 e.